The molecule has 4 nitrogen and oxygen atoms in total. The summed E-state index contributed by atoms with van der Waals surface area (Å²) in [6.45, 7) is 2.34. The Kier molecular flexibility index (Phi) is 4.06. The van der Waals surface area contributed by atoms with Gasteiger partial charge in [-0.25, -0.2) is 14.4 Å². The van der Waals surface area contributed by atoms with Crippen LogP contribution in [0.1, 0.15) is 6.92 Å². The molecule has 0 radical (unpaired) electrons. The van der Waals surface area contributed by atoms with Gasteiger partial charge in [0.15, 0.2) is 0 Å². The van der Waals surface area contributed by atoms with Crippen molar-refractivity contribution in [1.29, 1.82) is 0 Å². The molecule has 0 bridgehead atoms. The van der Waals surface area contributed by atoms with E-state index in [1.54, 1.807) is 30.6 Å². The van der Waals surface area contributed by atoms with E-state index in [9.17, 15) is 4.39 Å². The van der Waals surface area contributed by atoms with Crippen LogP contribution in [0.4, 0.5) is 10.3 Å². The molecule has 1 atom stereocenters. The van der Waals surface area contributed by atoms with Crippen molar-refractivity contribution in [3.05, 3.63) is 48.5 Å². The molecule has 0 aliphatic carbocycles. The Bertz CT molecular complexity index is 493. The number of benzene rings is 1. The Labute approximate surface area is 105 Å². The molecule has 0 aliphatic rings. The van der Waals surface area contributed by atoms with Gasteiger partial charge in [0.05, 0.1) is 6.04 Å². The fourth-order valence-corrected chi connectivity index (χ4v) is 1.41. The van der Waals surface area contributed by atoms with Crippen molar-refractivity contribution >= 4 is 5.95 Å². The first kappa shape index (κ1) is 12.3. The van der Waals surface area contributed by atoms with Gasteiger partial charge in [-0.1, -0.05) is 6.07 Å². The fourth-order valence-electron chi connectivity index (χ4n) is 1.41. The van der Waals surface area contributed by atoms with E-state index in [0.29, 0.717) is 18.3 Å². The van der Waals surface area contributed by atoms with Gasteiger partial charge in [-0.2, -0.15) is 0 Å². The third kappa shape index (κ3) is 3.69. The quantitative estimate of drug-likeness (QED) is 0.881. The maximum absolute atomic E-state index is 12.9. The van der Waals surface area contributed by atoms with E-state index in [-0.39, 0.29) is 11.9 Å². The normalized spacial score (nSPS) is 11.9. The number of hydrogen-bond donors (Lipinski definition) is 1. The summed E-state index contributed by atoms with van der Waals surface area (Å²) < 4.78 is 18.4. The maximum Gasteiger partial charge on any atom is 0.222 e. The van der Waals surface area contributed by atoms with E-state index in [1.807, 2.05) is 6.92 Å². The van der Waals surface area contributed by atoms with Crippen LogP contribution in [0.3, 0.4) is 0 Å². The number of halogens is 1. The van der Waals surface area contributed by atoms with Gasteiger partial charge in [-0.15, -0.1) is 0 Å². The number of aromatic nitrogens is 2. The van der Waals surface area contributed by atoms with Crippen LogP contribution in [-0.4, -0.2) is 22.6 Å². The Hall–Kier alpha value is -2.17. The molecule has 5 heteroatoms. The second-order valence-electron chi connectivity index (χ2n) is 3.89. The zero-order chi connectivity index (χ0) is 12.8. The molecule has 2 rings (SSSR count). The molecule has 0 unspecified atom stereocenters. The van der Waals surface area contributed by atoms with Crippen LogP contribution in [-0.2, 0) is 0 Å². The van der Waals surface area contributed by atoms with Crippen molar-refractivity contribution in [2.75, 3.05) is 11.9 Å². The Balaban J connectivity index is 1.83. The van der Waals surface area contributed by atoms with E-state index in [2.05, 4.69) is 15.3 Å². The molecule has 0 spiro atoms. The highest BCUT2D eigenvalue weighted by Crippen LogP contribution is 2.12. The minimum atomic E-state index is -0.306. The summed E-state index contributed by atoms with van der Waals surface area (Å²) in [4.78, 5) is 8.10. The van der Waals surface area contributed by atoms with Gasteiger partial charge in [0.2, 0.25) is 5.95 Å². The van der Waals surface area contributed by atoms with E-state index in [0.717, 1.165) is 0 Å². The van der Waals surface area contributed by atoms with E-state index in [1.165, 1.54) is 12.1 Å². The van der Waals surface area contributed by atoms with Crippen LogP contribution in [0, 0.1) is 5.82 Å². The molecular formula is C13H14FN3O. The lowest BCUT2D eigenvalue weighted by Gasteiger charge is -2.14. The molecule has 94 valence electrons. The van der Waals surface area contributed by atoms with Gasteiger partial charge in [0, 0.05) is 18.5 Å². The fraction of sp³-hybridized carbons (Fsp3) is 0.231. The molecule has 0 amide bonds. The number of hydrogen-bond acceptors (Lipinski definition) is 4. The highest BCUT2D eigenvalue weighted by atomic mass is 19.1. The Morgan fingerprint density at radius 2 is 2.06 bits per heavy atom. The van der Waals surface area contributed by atoms with Crippen molar-refractivity contribution in [3.63, 3.8) is 0 Å². The first-order chi connectivity index (χ1) is 8.74. The van der Waals surface area contributed by atoms with Crippen molar-refractivity contribution in [2.24, 2.45) is 0 Å². The molecule has 1 aromatic heterocycles. The maximum atomic E-state index is 12.9. The third-order valence-electron chi connectivity index (χ3n) is 2.24. The zero-order valence-corrected chi connectivity index (χ0v) is 10.0. The first-order valence-electron chi connectivity index (χ1n) is 5.66. The van der Waals surface area contributed by atoms with Gasteiger partial charge in [0.25, 0.3) is 0 Å². The second-order valence-corrected chi connectivity index (χ2v) is 3.89. The summed E-state index contributed by atoms with van der Waals surface area (Å²) in [6, 6.07) is 7.84. The Morgan fingerprint density at radius 3 is 2.78 bits per heavy atom. The highest BCUT2D eigenvalue weighted by Gasteiger charge is 2.04. The lowest BCUT2D eigenvalue weighted by Crippen LogP contribution is -2.24. The van der Waals surface area contributed by atoms with Gasteiger partial charge in [-0.05, 0) is 25.1 Å². The molecule has 0 aliphatic heterocycles. The minimum absolute atomic E-state index is 0.0238. The van der Waals surface area contributed by atoms with Crippen molar-refractivity contribution in [1.82, 2.24) is 9.97 Å². The number of nitrogens with zero attached hydrogens (tertiary/aromatic N) is 2. The standard InChI is InChI=1S/C13H14FN3O/c1-10(17-13-15-6-3-7-16-13)9-18-12-5-2-4-11(14)8-12/h2-8,10H,9H2,1H3,(H,15,16,17)/t10-/m1/s1. The predicted octanol–water partition coefficient (Wildman–Crippen LogP) is 2.50. The molecule has 0 saturated carbocycles. The second kappa shape index (κ2) is 5.95. The summed E-state index contributed by atoms with van der Waals surface area (Å²) in [5.41, 5.74) is 0. The summed E-state index contributed by atoms with van der Waals surface area (Å²) >= 11 is 0. The molecule has 1 N–H and O–H groups in total. The van der Waals surface area contributed by atoms with Gasteiger partial charge in [-0.3, -0.25) is 0 Å². The van der Waals surface area contributed by atoms with E-state index in [4.69, 9.17) is 4.74 Å². The average Bonchev–Trinajstić information content (AvgIpc) is 2.38. The van der Waals surface area contributed by atoms with Crippen molar-refractivity contribution in [2.45, 2.75) is 13.0 Å². The zero-order valence-electron chi connectivity index (χ0n) is 10.0. The molecule has 0 saturated heterocycles. The smallest absolute Gasteiger partial charge is 0.222 e. The van der Waals surface area contributed by atoms with E-state index >= 15 is 0 Å². The monoisotopic (exact) mass is 247 g/mol. The van der Waals surface area contributed by atoms with Crippen LogP contribution in [0.25, 0.3) is 0 Å². The van der Waals surface area contributed by atoms with Crippen molar-refractivity contribution in [3.8, 4) is 5.75 Å². The lowest BCUT2D eigenvalue weighted by atomic mass is 10.3. The number of nitrogens with one attached hydrogen (secondary N) is 1. The van der Waals surface area contributed by atoms with Gasteiger partial charge in [0.1, 0.15) is 18.2 Å². The summed E-state index contributed by atoms with van der Waals surface area (Å²) in [5.74, 6) is 0.755. The molecule has 18 heavy (non-hydrogen) atoms. The SMILES string of the molecule is C[C@H](COc1cccc(F)c1)Nc1ncccn1. The van der Waals surface area contributed by atoms with Gasteiger partial charge >= 0.3 is 0 Å². The summed E-state index contributed by atoms with van der Waals surface area (Å²) in [5, 5.41) is 3.09. The number of ether oxygens (including phenoxy) is 1. The minimum Gasteiger partial charge on any atom is -0.491 e. The predicted molar refractivity (Wildman–Crippen MR) is 67.0 cm³/mol. The molecular weight excluding hydrogens is 233 g/mol. The first-order valence-corrected chi connectivity index (χ1v) is 5.66. The van der Waals surface area contributed by atoms with E-state index < -0.39 is 0 Å². The molecule has 0 fully saturated rings. The van der Waals surface area contributed by atoms with Crippen LogP contribution >= 0.6 is 0 Å². The van der Waals surface area contributed by atoms with Crippen molar-refractivity contribution < 1.29 is 9.13 Å². The molecule has 1 aromatic carbocycles. The average molecular weight is 247 g/mol. The Morgan fingerprint density at radius 1 is 1.28 bits per heavy atom. The lowest BCUT2D eigenvalue weighted by molar-refractivity contribution is 0.302. The highest BCUT2D eigenvalue weighted by molar-refractivity contribution is 5.25. The molecule has 1 heterocycles. The number of anilines is 1. The van der Waals surface area contributed by atoms with Crippen LogP contribution in [0.5, 0.6) is 5.75 Å². The molecule has 2 aromatic rings. The summed E-state index contributed by atoms with van der Waals surface area (Å²) in [7, 11) is 0. The topological polar surface area (TPSA) is 47.0 Å². The third-order valence-corrected chi connectivity index (χ3v) is 2.24. The van der Waals surface area contributed by atoms with Gasteiger partial charge < -0.3 is 10.1 Å². The van der Waals surface area contributed by atoms with Crippen LogP contribution < -0.4 is 10.1 Å². The van der Waals surface area contributed by atoms with Crippen LogP contribution in [0.2, 0.25) is 0 Å². The summed E-state index contributed by atoms with van der Waals surface area (Å²) in [6.07, 6.45) is 3.32. The number of rotatable bonds is 5. The van der Waals surface area contributed by atoms with Crippen LogP contribution in [0.15, 0.2) is 42.7 Å². The largest absolute Gasteiger partial charge is 0.491 e.